The first-order valence-corrected chi connectivity index (χ1v) is 21.2. The average Bonchev–Trinajstić information content (AvgIpc) is 3.85. The second kappa shape index (κ2) is 21.7. The summed E-state index contributed by atoms with van der Waals surface area (Å²) in [6.07, 6.45) is 13.8. The lowest BCUT2D eigenvalue weighted by molar-refractivity contribution is -0.143. The van der Waals surface area contributed by atoms with E-state index in [1.807, 2.05) is 31.3 Å². The number of aryl methyl sites for hydroxylation is 2. The Balaban J connectivity index is 0.995. The van der Waals surface area contributed by atoms with Crippen molar-refractivity contribution in [3.05, 3.63) is 95.0 Å². The Bertz CT molecular complexity index is 2150. The SMILES string of the molecule is C=CCNC(=O)c1cnc(Nc2ccc(N(CCCCCCNC3=CCCC4=C3C(=O)N(C(C=O)CCC(=O)NC)C4=O)CCNC)cc2)nc1Nc1ccc2c(n1)CCC2. The van der Waals surface area contributed by atoms with Crippen molar-refractivity contribution < 1.29 is 24.0 Å². The molecule has 6 rings (SSSR count). The first-order valence-electron chi connectivity index (χ1n) is 21.2. The van der Waals surface area contributed by atoms with E-state index in [2.05, 4.69) is 71.5 Å². The monoisotopic (exact) mass is 831 g/mol. The number of allylic oxidation sites excluding steroid dienone is 1. The third-order valence-corrected chi connectivity index (χ3v) is 11.1. The Labute approximate surface area is 357 Å². The van der Waals surface area contributed by atoms with Crippen molar-refractivity contribution in [1.82, 2.24) is 41.1 Å². The minimum absolute atomic E-state index is 0.0425. The number of nitrogens with one attached hydrogen (secondary N) is 6. The lowest BCUT2D eigenvalue weighted by atomic mass is 9.96. The number of hydrogen-bond acceptors (Lipinski definition) is 13. The van der Waals surface area contributed by atoms with Gasteiger partial charge in [0.2, 0.25) is 11.9 Å². The number of aldehydes is 1. The van der Waals surface area contributed by atoms with Gasteiger partial charge in [0.25, 0.3) is 17.7 Å². The Morgan fingerprint density at radius 1 is 0.934 bits per heavy atom. The number of carbonyl (C=O) groups excluding carboxylic acids is 5. The molecule has 0 bridgehead atoms. The van der Waals surface area contributed by atoms with Gasteiger partial charge in [0.15, 0.2) is 0 Å². The number of pyridine rings is 1. The van der Waals surface area contributed by atoms with Gasteiger partial charge in [-0.15, -0.1) is 6.58 Å². The van der Waals surface area contributed by atoms with E-state index in [0.717, 1.165) is 86.5 Å². The van der Waals surface area contributed by atoms with Crippen molar-refractivity contribution in [3.8, 4) is 0 Å². The van der Waals surface area contributed by atoms with Gasteiger partial charge < -0.3 is 41.6 Å². The molecule has 0 saturated carbocycles. The summed E-state index contributed by atoms with van der Waals surface area (Å²) in [5.41, 5.74) is 5.94. The van der Waals surface area contributed by atoms with Gasteiger partial charge in [0.1, 0.15) is 23.5 Å². The maximum absolute atomic E-state index is 13.4. The third kappa shape index (κ3) is 11.2. The summed E-state index contributed by atoms with van der Waals surface area (Å²) in [7, 11) is 3.45. The predicted octanol–water partition coefficient (Wildman–Crippen LogP) is 4.38. The highest BCUT2D eigenvalue weighted by atomic mass is 16.2. The highest BCUT2D eigenvalue weighted by Crippen LogP contribution is 2.34. The highest BCUT2D eigenvalue weighted by Gasteiger charge is 2.44. The van der Waals surface area contributed by atoms with Crippen LogP contribution in [0.2, 0.25) is 0 Å². The van der Waals surface area contributed by atoms with Crippen LogP contribution in [-0.2, 0) is 32.0 Å². The number of benzene rings is 1. The zero-order chi connectivity index (χ0) is 43.1. The Morgan fingerprint density at radius 3 is 2.52 bits per heavy atom. The van der Waals surface area contributed by atoms with E-state index in [9.17, 15) is 24.0 Å². The normalized spacial score (nSPS) is 14.8. The van der Waals surface area contributed by atoms with Crippen molar-refractivity contribution in [1.29, 1.82) is 0 Å². The fourth-order valence-electron chi connectivity index (χ4n) is 7.77. The van der Waals surface area contributed by atoms with Crippen LogP contribution in [0.4, 0.5) is 29.0 Å². The van der Waals surface area contributed by atoms with Crippen LogP contribution >= 0.6 is 0 Å². The largest absolute Gasteiger partial charge is 0.385 e. The first kappa shape index (κ1) is 44.1. The number of imide groups is 1. The molecule has 0 saturated heterocycles. The molecule has 3 aromatic rings. The van der Waals surface area contributed by atoms with Crippen molar-refractivity contribution in [3.63, 3.8) is 0 Å². The zero-order valence-corrected chi connectivity index (χ0v) is 35.1. The van der Waals surface area contributed by atoms with Crippen LogP contribution in [0.15, 0.2) is 78.2 Å². The number of carbonyl (C=O) groups is 5. The van der Waals surface area contributed by atoms with Crippen LogP contribution in [0.25, 0.3) is 0 Å². The van der Waals surface area contributed by atoms with Crippen molar-refractivity contribution in [2.45, 2.75) is 76.7 Å². The summed E-state index contributed by atoms with van der Waals surface area (Å²) in [5.74, 6) is -0.183. The molecule has 0 radical (unpaired) electrons. The van der Waals surface area contributed by atoms with Gasteiger partial charge >= 0.3 is 0 Å². The topological polar surface area (TPSA) is 203 Å². The molecule has 2 aromatic heterocycles. The van der Waals surface area contributed by atoms with Crippen LogP contribution in [0.1, 0.15) is 79.4 Å². The van der Waals surface area contributed by atoms with Crippen molar-refractivity contribution >= 4 is 58.9 Å². The maximum atomic E-state index is 13.4. The van der Waals surface area contributed by atoms with Crippen LogP contribution in [0, 0.1) is 0 Å². The van der Waals surface area contributed by atoms with E-state index in [0.29, 0.717) is 72.2 Å². The average molecular weight is 832 g/mol. The second-order valence-electron chi connectivity index (χ2n) is 15.2. The van der Waals surface area contributed by atoms with E-state index in [-0.39, 0.29) is 24.7 Å². The number of fused-ring (bicyclic) bond motifs is 1. The lowest BCUT2D eigenvalue weighted by Crippen LogP contribution is -2.43. The molecular weight excluding hydrogens is 775 g/mol. The van der Waals surface area contributed by atoms with E-state index < -0.39 is 17.9 Å². The summed E-state index contributed by atoms with van der Waals surface area (Å²) < 4.78 is 0. The summed E-state index contributed by atoms with van der Waals surface area (Å²) in [6, 6.07) is 11.1. The van der Waals surface area contributed by atoms with Gasteiger partial charge in [-0.1, -0.05) is 31.1 Å². The fraction of sp³-hybridized carbons (Fsp3) is 0.422. The Hall–Kier alpha value is -6.42. The molecular formula is C45H57N11O5. The molecule has 4 amide bonds. The van der Waals surface area contributed by atoms with Gasteiger partial charge in [-0.3, -0.25) is 24.1 Å². The second-order valence-corrected chi connectivity index (χ2v) is 15.2. The summed E-state index contributed by atoms with van der Waals surface area (Å²) in [5, 5.41) is 18.5. The molecule has 3 heterocycles. The van der Waals surface area contributed by atoms with Gasteiger partial charge in [0.05, 0.1) is 11.6 Å². The zero-order valence-electron chi connectivity index (χ0n) is 35.1. The number of nitrogens with zero attached hydrogens (tertiary/aromatic N) is 5. The standard InChI is InChI=1S/C45H57N11O5/c1-4-23-49-42(59)35-28-50-45(54-41(35)53-38-21-15-30-11-9-13-36(30)52-38)51-31-16-18-32(19-17-31)55(27-25-46-2)26-8-6-5-7-24-48-37-14-10-12-34-40(37)44(61)56(43(34)60)33(29-57)20-22-39(58)47-3/h4,14-19,21,28-29,33,46,48H,1,5-13,20,22-27H2,2-3H3,(H,47,58)(H,49,59)(H2,50,51,52,53,54). The molecule has 6 N–H and O–H groups in total. The van der Waals surface area contributed by atoms with Gasteiger partial charge in [-0.25, -0.2) is 9.97 Å². The minimum Gasteiger partial charge on any atom is -0.385 e. The molecule has 3 aliphatic rings. The fourth-order valence-corrected chi connectivity index (χ4v) is 7.77. The number of likely N-dealkylation sites (N-methyl/N-ethyl adjacent to an activating group) is 1. The lowest BCUT2D eigenvalue weighted by Gasteiger charge is -2.25. The summed E-state index contributed by atoms with van der Waals surface area (Å²) in [6.45, 7) is 7.18. The molecule has 61 heavy (non-hydrogen) atoms. The highest BCUT2D eigenvalue weighted by molar-refractivity contribution is 6.22. The van der Waals surface area contributed by atoms with Crippen molar-refractivity contribution in [2.24, 2.45) is 0 Å². The molecule has 0 spiro atoms. The van der Waals surface area contributed by atoms with E-state index >= 15 is 0 Å². The number of aromatic nitrogens is 3. The molecule has 0 fully saturated rings. The number of rotatable bonds is 24. The number of anilines is 5. The maximum Gasteiger partial charge on any atom is 0.263 e. The first-order chi connectivity index (χ1) is 29.7. The van der Waals surface area contributed by atoms with Crippen LogP contribution in [0.5, 0.6) is 0 Å². The quantitative estimate of drug-likeness (QED) is 0.0322. The van der Waals surface area contributed by atoms with Gasteiger partial charge in [-0.05, 0) is 94.3 Å². The Kier molecular flexibility index (Phi) is 15.7. The predicted molar refractivity (Wildman–Crippen MR) is 236 cm³/mol. The summed E-state index contributed by atoms with van der Waals surface area (Å²) >= 11 is 0. The van der Waals surface area contributed by atoms with Crippen LogP contribution in [0.3, 0.4) is 0 Å². The molecule has 2 aliphatic carbocycles. The number of unbranched alkanes of at least 4 members (excludes halogenated alkanes) is 3. The summed E-state index contributed by atoms with van der Waals surface area (Å²) in [4.78, 5) is 80.6. The molecule has 16 heteroatoms. The van der Waals surface area contributed by atoms with Crippen LogP contribution in [-0.4, -0.2) is 103 Å². The van der Waals surface area contributed by atoms with Crippen LogP contribution < -0.4 is 36.8 Å². The Morgan fingerprint density at radius 2 is 1.75 bits per heavy atom. The molecule has 16 nitrogen and oxygen atoms in total. The van der Waals surface area contributed by atoms with Crippen molar-refractivity contribution in [2.75, 3.05) is 62.4 Å². The smallest absolute Gasteiger partial charge is 0.263 e. The van der Waals surface area contributed by atoms with Gasteiger partial charge in [0, 0.05) is 80.7 Å². The van der Waals surface area contributed by atoms with E-state index in [1.165, 1.54) is 18.8 Å². The number of amides is 4. The van der Waals surface area contributed by atoms with E-state index in [4.69, 9.17) is 4.98 Å². The molecule has 1 unspecified atom stereocenters. The minimum atomic E-state index is -0.983. The molecule has 1 aromatic carbocycles. The molecule has 1 atom stereocenters. The molecule has 1 aliphatic heterocycles. The third-order valence-electron chi connectivity index (χ3n) is 11.1. The van der Waals surface area contributed by atoms with E-state index in [1.54, 1.807) is 6.08 Å². The molecule has 322 valence electrons. The number of hydrogen-bond donors (Lipinski definition) is 6. The van der Waals surface area contributed by atoms with Gasteiger partial charge in [-0.2, -0.15) is 4.98 Å².